The molecule has 4 N–H and O–H groups in total. The van der Waals surface area contributed by atoms with E-state index in [0.29, 0.717) is 32.1 Å². The Kier molecular flexibility index (Phi) is 2.58. The predicted molar refractivity (Wildman–Crippen MR) is 66.7 cm³/mol. The highest BCUT2D eigenvalue weighted by atomic mass is 16.6. The Labute approximate surface area is 98.2 Å². The van der Waals surface area contributed by atoms with Crippen LogP contribution in [0.4, 0.5) is 17.2 Å². The van der Waals surface area contributed by atoms with E-state index in [1.54, 1.807) is 27.2 Å². The van der Waals surface area contributed by atoms with Gasteiger partial charge in [-0.25, -0.2) is 0 Å². The van der Waals surface area contributed by atoms with Crippen LogP contribution < -0.4 is 20.8 Å². The second-order valence-electron chi connectivity index (χ2n) is 3.58. The summed E-state index contributed by atoms with van der Waals surface area (Å²) >= 11 is 0. The molecule has 0 radical (unpaired) electrons. The zero-order chi connectivity index (χ0) is 12.6. The van der Waals surface area contributed by atoms with Crippen LogP contribution in [-0.2, 0) is 0 Å². The minimum absolute atomic E-state index is 0.302. The second-order valence-corrected chi connectivity index (χ2v) is 3.58. The van der Waals surface area contributed by atoms with Crippen molar-refractivity contribution in [3.8, 4) is 0 Å². The van der Waals surface area contributed by atoms with Crippen LogP contribution in [0.15, 0.2) is 12.1 Å². The number of fused-ring (bicyclic) bond motifs is 1. The van der Waals surface area contributed by atoms with E-state index in [4.69, 9.17) is 0 Å². The molecule has 1 aromatic carbocycles. The van der Waals surface area contributed by atoms with E-state index in [2.05, 4.69) is 16.0 Å². The average Bonchev–Trinajstić information content (AvgIpc) is 2.60. The lowest BCUT2D eigenvalue weighted by molar-refractivity contribution is -0.709. The van der Waals surface area contributed by atoms with Crippen LogP contribution in [0, 0.1) is 5.21 Å². The maximum atomic E-state index is 11.7. The lowest BCUT2D eigenvalue weighted by Gasteiger charge is -2.06. The molecule has 0 aliphatic heterocycles. The van der Waals surface area contributed by atoms with E-state index in [-0.39, 0.29) is 0 Å². The lowest BCUT2D eigenvalue weighted by Crippen LogP contribution is -2.38. The molecule has 17 heavy (non-hydrogen) atoms. The molecule has 7 nitrogen and oxygen atoms in total. The van der Waals surface area contributed by atoms with Crippen LogP contribution in [-0.4, -0.2) is 31.2 Å². The van der Waals surface area contributed by atoms with Gasteiger partial charge in [-0.3, -0.25) is 5.32 Å². The van der Waals surface area contributed by atoms with E-state index in [1.165, 1.54) is 0 Å². The van der Waals surface area contributed by atoms with Gasteiger partial charge in [-0.1, -0.05) is 0 Å². The number of benzene rings is 1. The smallest absolute Gasteiger partial charge is 0.309 e. The van der Waals surface area contributed by atoms with Crippen molar-refractivity contribution in [1.82, 2.24) is 4.85 Å². The van der Waals surface area contributed by atoms with Crippen molar-refractivity contribution in [1.29, 1.82) is 0 Å². The number of hydrogen-bond acceptors (Lipinski definition) is 5. The highest BCUT2D eigenvalue weighted by Crippen LogP contribution is 2.30. The van der Waals surface area contributed by atoms with Gasteiger partial charge in [0.25, 0.3) is 0 Å². The highest BCUT2D eigenvalue weighted by Gasteiger charge is 2.20. The number of nitrogens with one attached hydrogen (secondary N) is 3. The molecule has 1 aromatic heterocycles. The molecule has 7 heteroatoms. The van der Waals surface area contributed by atoms with Gasteiger partial charge in [-0.05, 0) is 17.0 Å². The highest BCUT2D eigenvalue weighted by molar-refractivity contribution is 5.99. The van der Waals surface area contributed by atoms with E-state index < -0.39 is 0 Å². The fourth-order valence-corrected chi connectivity index (χ4v) is 1.88. The number of nitrogens with zero attached hydrogens (tertiary/aromatic N) is 2. The van der Waals surface area contributed by atoms with Gasteiger partial charge >= 0.3 is 5.82 Å². The first-order valence-corrected chi connectivity index (χ1v) is 5.18. The molecular formula is C10H15N5O2. The first-order valence-electron chi connectivity index (χ1n) is 5.18. The van der Waals surface area contributed by atoms with E-state index in [9.17, 15) is 10.4 Å². The summed E-state index contributed by atoms with van der Waals surface area (Å²) in [7, 11) is 5.16. The van der Waals surface area contributed by atoms with Gasteiger partial charge in [-0.2, -0.15) is 0 Å². The standard InChI is InChI=1S/C10H15N5O2/c1-11-6-4-7-9(8(5-6)12-2)14(16)15(17)10(7)13-3/h4-5,11-13,16H,1-3H3. The van der Waals surface area contributed by atoms with Gasteiger partial charge in [0, 0.05) is 19.8 Å². The molecule has 92 valence electrons. The van der Waals surface area contributed by atoms with Crippen LogP contribution >= 0.6 is 0 Å². The molecule has 2 rings (SSSR count). The van der Waals surface area contributed by atoms with Crippen LogP contribution in [0.1, 0.15) is 0 Å². The molecule has 0 unspecified atom stereocenters. The Hall–Kier alpha value is -2.31. The van der Waals surface area contributed by atoms with Crippen molar-refractivity contribution in [3.05, 3.63) is 17.3 Å². The zero-order valence-electron chi connectivity index (χ0n) is 9.90. The normalized spacial score (nSPS) is 10.5. The Morgan fingerprint density at radius 1 is 1.18 bits per heavy atom. The van der Waals surface area contributed by atoms with Gasteiger partial charge in [0.15, 0.2) is 5.52 Å². The summed E-state index contributed by atoms with van der Waals surface area (Å²) < 4.78 is 0. The molecule has 0 saturated carbocycles. The molecule has 0 amide bonds. The third-order valence-corrected chi connectivity index (χ3v) is 2.72. The van der Waals surface area contributed by atoms with Crippen molar-refractivity contribution < 1.29 is 10.1 Å². The SMILES string of the molecule is CNc1cc(NC)c2c(c1)c(NC)[n+]([O-])n2O. The van der Waals surface area contributed by atoms with Crippen LogP contribution in [0.2, 0.25) is 0 Å². The minimum Gasteiger partial charge on any atom is -0.690 e. The molecule has 1 heterocycles. The number of anilines is 3. The van der Waals surface area contributed by atoms with Gasteiger partial charge < -0.3 is 21.0 Å². The van der Waals surface area contributed by atoms with Gasteiger partial charge in [-0.15, -0.1) is 4.85 Å². The Balaban J connectivity index is 2.88. The average molecular weight is 237 g/mol. The van der Waals surface area contributed by atoms with E-state index in [1.807, 2.05) is 6.07 Å². The molecular weight excluding hydrogens is 222 g/mol. The topological polar surface area (TPSA) is 88.2 Å². The Bertz CT molecular complexity index is 564. The number of hydrogen-bond donors (Lipinski definition) is 4. The van der Waals surface area contributed by atoms with Crippen molar-refractivity contribution >= 4 is 28.1 Å². The summed E-state index contributed by atoms with van der Waals surface area (Å²) in [6.45, 7) is 0. The molecule has 2 aromatic rings. The third kappa shape index (κ3) is 1.47. The van der Waals surface area contributed by atoms with E-state index >= 15 is 0 Å². The summed E-state index contributed by atoms with van der Waals surface area (Å²) in [6, 6.07) is 3.61. The maximum Gasteiger partial charge on any atom is 0.309 e. The van der Waals surface area contributed by atoms with Crippen LogP contribution in [0.25, 0.3) is 10.9 Å². The van der Waals surface area contributed by atoms with Crippen LogP contribution in [0.3, 0.4) is 0 Å². The number of aromatic nitrogens is 2. The molecule has 0 saturated heterocycles. The van der Waals surface area contributed by atoms with E-state index in [0.717, 1.165) is 5.69 Å². The van der Waals surface area contributed by atoms with Crippen LogP contribution in [0.5, 0.6) is 0 Å². The summed E-state index contributed by atoms with van der Waals surface area (Å²) in [5, 5.41) is 30.8. The predicted octanol–water partition coefficient (Wildman–Crippen LogP) is 0.637. The first-order chi connectivity index (χ1) is 8.13. The van der Waals surface area contributed by atoms with Gasteiger partial charge in [0.1, 0.15) is 5.39 Å². The number of rotatable bonds is 3. The van der Waals surface area contributed by atoms with Crippen molar-refractivity contribution in [3.63, 3.8) is 0 Å². The summed E-state index contributed by atoms with van der Waals surface area (Å²) in [4.78, 5) is 0.984. The van der Waals surface area contributed by atoms with Crippen molar-refractivity contribution in [2.24, 2.45) is 0 Å². The monoisotopic (exact) mass is 237 g/mol. The third-order valence-electron chi connectivity index (χ3n) is 2.72. The minimum atomic E-state index is 0.302. The Morgan fingerprint density at radius 2 is 1.88 bits per heavy atom. The lowest BCUT2D eigenvalue weighted by atomic mass is 10.2. The molecule has 0 aliphatic rings. The van der Waals surface area contributed by atoms with Crippen molar-refractivity contribution in [2.45, 2.75) is 0 Å². The van der Waals surface area contributed by atoms with Crippen molar-refractivity contribution in [2.75, 3.05) is 37.1 Å². The summed E-state index contributed by atoms with van der Waals surface area (Å²) in [5.74, 6) is 0.302. The summed E-state index contributed by atoms with van der Waals surface area (Å²) in [5.41, 5.74) is 1.95. The Morgan fingerprint density at radius 3 is 2.41 bits per heavy atom. The first kappa shape index (κ1) is 11.2. The fourth-order valence-electron chi connectivity index (χ4n) is 1.88. The molecule has 0 aliphatic carbocycles. The summed E-state index contributed by atoms with van der Waals surface area (Å²) in [6.07, 6.45) is 0. The molecule has 0 spiro atoms. The molecule has 0 fully saturated rings. The fraction of sp³-hybridized carbons (Fsp3) is 0.300. The van der Waals surface area contributed by atoms with Gasteiger partial charge in [0.05, 0.1) is 12.7 Å². The molecule has 0 atom stereocenters. The maximum absolute atomic E-state index is 11.7. The largest absolute Gasteiger partial charge is 0.690 e. The molecule has 0 bridgehead atoms. The zero-order valence-corrected chi connectivity index (χ0v) is 9.90. The second kappa shape index (κ2) is 3.93. The van der Waals surface area contributed by atoms with Gasteiger partial charge in [0.2, 0.25) is 0 Å². The quantitative estimate of drug-likeness (QED) is 0.357.